The second kappa shape index (κ2) is 3.72. The number of carbonyl (C=O) groups excluding carboxylic acids is 1. The molecule has 100 valence electrons. The number of allylic oxidation sites excluding steroid dienone is 1. The summed E-state index contributed by atoms with van der Waals surface area (Å²) >= 11 is 0. The van der Waals surface area contributed by atoms with Crippen molar-refractivity contribution in [3.8, 4) is 0 Å². The van der Waals surface area contributed by atoms with E-state index in [1.54, 1.807) is 0 Å². The first-order valence-corrected chi connectivity index (χ1v) is 6.98. The first kappa shape index (κ1) is 12.5. The fraction of sp³-hybridized carbons (Fsp3) is 0.471. The molecular weight excluding hydrogens is 234 g/mol. The number of nitrogen functional groups attached to an aromatic ring is 1. The smallest absolute Gasteiger partial charge is 0.165 e. The topological polar surface area (TPSA) is 43.1 Å². The summed E-state index contributed by atoms with van der Waals surface area (Å²) < 4.78 is 0. The largest absolute Gasteiger partial charge is 0.399 e. The second-order valence-corrected chi connectivity index (χ2v) is 6.74. The van der Waals surface area contributed by atoms with Crippen LogP contribution in [0.25, 0.3) is 6.08 Å². The van der Waals surface area contributed by atoms with Gasteiger partial charge in [0.05, 0.1) is 0 Å². The highest BCUT2D eigenvalue weighted by atomic mass is 16.1. The molecule has 2 N–H and O–H groups in total. The molecule has 0 radical (unpaired) electrons. The van der Waals surface area contributed by atoms with Gasteiger partial charge < -0.3 is 5.73 Å². The number of fused-ring (bicyclic) bond motifs is 2. The summed E-state index contributed by atoms with van der Waals surface area (Å²) in [5.41, 5.74) is 8.47. The monoisotopic (exact) mass is 255 g/mol. The number of Topliss-reactive ketones (excluding diaryl/α,β-unsaturated/α-hetero) is 1. The van der Waals surface area contributed by atoms with Gasteiger partial charge >= 0.3 is 0 Å². The average Bonchev–Trinajstić information content (AvgIpc) is 2.66. The SMILES string of the molecule is CC12CCC(/C(=C\c3ccc(N)cc3)C1=O)C2(C)C. The first-order chi connectivity index (χ1) is 8.86. The summed E-state index contributed by atoms with van der Waals surface area (Å²) in [7, 11) is 0. The van der Waals surface area contributed by atoms with E-state index in [1.165, 1.54) is 0 Å². The third-order valence-corrected chi connectivity index (χ3v) is 5.62. The Kier molecular flexibility index (Phi) is 2.44. The number of anilines is 1. The van der Waals surface area contributed by atoms with E-state index in [-0.39, 0.29) is 10.8 Å². The predicted octanol–water partition coefficient (Wildman–Crippen LogP) is 3.68. The third kappa shape index (κ3) is 1.52. The molecular formula is C17H21NO. The minimum atomic E-state index is -0.169. The van der Waals surface area contributed by atoms with Crippen molar-refractivity contribution in [2.24, 2.45) is 16.7 Å². The van der Waals surface area contributed by atoms with E-state index >= 15 is 0 Å². The molecule has 0 aromatic heterocycles. The van der Waals surface area contributed by atoms with E-state index < -0.39 is 0 Å². The molecule has 0 spiro atoms. The standard InChI is InChI=1S/C17H21NO/c1-16(2)14-8-9-17(16,3)15(19)13(14)10-11-4-6-12(18)7-5-11/h4-7,10,14H,8-9,18H2,1-3H3/b13-10+. The molecule has 2 fully saturated rings. The molecule has 0 heterocycles. The molecule has 2 unspecified atom stereocenters. The van der Waals surface area contributed by atoms with E-state index in [0.29, 0.717) is 11.7 Å². The summed E-state index contributed by atoms with van der Waals surface area (Å²) in [5.74, 6) is 0.758. The lowest BCUT2D eigenvalue weighted by molar-refractivity contribution is -0.125. The normalized spacial score (nSPS) is 34.2. The second-order valence-electron chi connectivity index (χ2n) is 6.74. The number of ketones is 1. The van der Waals surface area contributed by atoms with Crippen LogP contribution < -0.4 is 5.73 Å². The Balaban J connectivity index is 2.04. The van der Waals surface area contributed by atoms with E-state index in [1.807, 2.05) is 24.3 Å². The first-order valence-electron chi connectivity index (χ1n) is 6.98. The number of nitrogens with two attached hydrogens (primary N) is 1. The van der Waals surface area contributed by atoms with Gasteiger partial charge in [-0.1, -0.05) is 32.9 Å². The maximum atomic E-state index is 12.7. The minimum Gasteiger partial charge on any atom is -0.399 e. The lowest BCUT2D eigenvalue weighted by Gasteiger charge is -2.31. The fourth-order valence-electron chi connectivity index (χ4n) is 3.87. The Morgan fingerprint density at radius 3 is 2.37 bits per heavy atom. The molecule has 2 heteroatoms. The molecule has 2 aliphatic carbocycles. The lowest BCUT2D eigenvalue weighted by Crippen LogP contribution is -2.32. The molecule has 3 rings (SSSR count). The van der Waals surface area contributed by atoms with Crippen LogP contribution in [0.15, 0.2) is 29.8 Å². The van der Waals surface area contributed by atoms with Crippen molar-refractivity contribution in [3.05, 3.63) is 35.4 Å². The van der Waals surface area contributed by atoms with Gasteiger partial charge in [0, 0.05) is 11.1 Å². The van der Waals surface area contributed by atoms with Crippen molar-refractivity contribution in [3.63, 3.8) is 0 Å². The van der Waals surface area contributed by atoms with Crippen LogP contribution in [0, 0.1) is 16.7 Å². The summed E-state index contributed by atoms with van der Waals surface area (Å²) in [6.07, 6.45) is 4.23. The maximum absolute atomic E-state index is 12.7. The van der Waals surface area contributed by atoms with E-state index in [9.17, 15) is 4.79 Å². The maximum Gasteiger partial charge on any atom is 0.165 e. The predicted molar refractivity (Wildman–Crippen MR) is 78.5 cm³/mol. The van der Waals surface area contributed by atoms with Gasteiger partial charge in [-0.15, -0.1) is 0 Å². The zero-order chi connectivity index (χ0) is 13.8. The van der Waals surface area contributed by atoms with Crippen molar-refractivity contribution in [1.82, 2.24) is 0 Å². The summed E-state index contributed by atoms with van der Waals surface area (Å²) in [6, 6.07) is 7.74. The Labute approximate surface area is 114 Å². The molecule has 1 aromatic carbocycles. The molecule has 2 nitrogen and oxygen atoms in total. The number of carbonyl (C=O) groups is 1. The van der Waals surface area contributed by atoms with E-state index in [2.05, 4.69) is 26.8 Å². The van der Waals surface area contributed by atoms with E-state index in [0.717, 1.165) is 29.7 Å². The molecule has 1 aromatic rings. The fourth-order valence-corrected chi connectivity index (χ4v) is 3.87. The van der Waals surface area contributed by atoms with Gasteiger partial charge in [-0.2, -0.15) is 0 Å². The van der Waals surface area contributed by atoms with Gasteiger partial charge in [0.2, 0.25) is 0 Å². The summed E-state index contributed by atoms with van der Waals surface area (Å²) in [5, 5.41) is 0. The van der Waals surface area contributed by atoms with Crippen molar-refractivity contribution >= 4 is 17.5 Å². The Hall–Kier alpha value is -1.57. The van der Waals surface area contributed by atoms with Crippen LogP contribution in [0.1, 0.15) is 39.2 Å². The van der Waals surface area contributed by atoms with E-state index in [4.69, 9.17) is 5.73 Å². The minimum absolute atomic E-state index is 0.0870. The van der Waals surface area contributed by atoms with Crippen LogP contribution in [0.3, 0.4) is 0 Å². The number of hydrogen-bond acceptors (Lipinski definition) is 2. The van der Waals surface area contributed by atoms with Gasteiger partial charge in [-0.05, 0) is 53.5 Å². The van der Waals surface area contributed by atoms with Crippen molar-refractivity contribution in [2.75, 3.05) is 5.73 Å². The van der Waals surface area contributed by atoms with Crippen LogP contribution in [0.4, 0.5) is 5.69 Å². The van der Waals surface area contributed by atoms with Gasteiger partial charge in [-0.25, -0.2) is 0 Å². The van der Waals surface area contributed by atoms with Crippen molar-refractivity contribution in [2.45, 2.75) is 33.6 Å². The Bertz CT molecular complexity index is 567. The quantitative estimate of drug-likeness (QED) is 0.614. The molecule has 2 saturated carbocycles. The number of hydrogen-bond donors (Lipinski definition) is 1. The average molecular weight is 255 g/mol. The van der Waals surface area contributed by atoms with Crippen LogP contribution in [0.5, 0.6) is 0 Å². The molecule has 0 aliphatic heterocycles. The summed E-state index contributed by atoms with van der Waals surface area (Å²) in [4.78, 5) is 12.7. The Morgan fingerprint density at radius 1 is 1.21 bits per heavy atom. The zero-order valence-corrected chi connectivity index (χ0v) is 11.9. The Morgan fingerprint density at radius 2 is 1.84 bits per heavy atom. The van der Waals surface area contributed by atoms with Gasteiger partial charge in [0.25, 0.3) is 0 Å². The van der Waals surface area contributed by atoms with Crippen LogP contribution in [0.2, 0.25) is 0 Å². The van der Waals surface area contributed by atoms with Crippen molar-refractivity contribution in [1.29, 1.82) is 0 Å². The lowest BCUT2D eigenvalue weighted by atomic mass is 9.70. The van der Waals surface area contributed by atoms with Gasteiger partial charge in [0.1, 0.15) is 0 Å². The highest BCUT2D eigenvalue weighted by molar-refractivity contribution is 6.07. The third-order valence-electron chi connectivity index (χ3n) is 5.62. The van der Waals surface area contributed by atoms with Crippen LogP contribution in [-0.4, -0.2) is 5.78 Å². The molecule has 0 amide bonds. The number of rotatable bonds is 1. The number of benzene rings is 1. The zero-order valence-electron chi connectivity index (χ0n) is 11.9. The van der Waals surface area contributed by atoms with Gasteiger partial charge in [0.15, 0.2) is 5.78 Å². The highest BCUT2D eigenvalue weighted by Crippen LogP contribution is 2.65. The highest BCUT2D eigenvalue weighted by Gasteiger charge is 2.63. The molecule has 2 aliphatic rings. The molecule has 2 atom stereocenters. The molecule has 0 saturated heterocycles. The molecule has 2 bridgehead atoms. The van der Waals surface area contributed by atoms with Crippen LogP contribution >= 0.6 is 0 Å². The van der Waals surface area contributed by atoms with Crippen molar-refractivity contribution < 1.29 is 4.79 Å². The van der Waals surface area contributed by atoms with Gasteiger partial charge in [-0.3, -0.25) is 4.79 Å². The molecule has 19 heavy (non-hydrogen) atoms. The van der Waals surface area contributed by atoms with Crippen LogP contribution in [-0.2, 0) is 4.79 Å². The summed E-state index contributed by atoms with van der Waals surface area (Å²) in [6.45, 7) is 6.62.